The molecule has 0 bridgehead atoms. The fourth-order valence-corrected chi connectivity index (χ4v) is 18.9. The van der Waals surface area contributed by atoms with Crippen LogP contribution in [0.4, 0.5) is 11.4 Å². The quantitative estimate of drug-likeness (QED) is 0.00583. The number of nitrogens with zero attached hydrogens (tertiary/aromatic N) is 7. The van der Waals surface area contributed by atoms with E-state index in [1.165, 1.54) is 237 Å². The number of pyridine rings is 2. The second kappa shape index (κ2) is 37.8. The van der Waals surface area contributed by atoms with Crippen LogP contribution in [0.25, 0.3) is 130 Å². The summed E-state index contributed by atoms with van der Waals surface area (Å²) in [5.41, 5.74) is 12.5. The van der Waals surface area contributed by atoms with Crippen LogP contribution in [0.3, 0.4) is 0 Å². The van der Waals surface area contributed by atoms with E-state index in [4.69, 9.17) is 15.5 Å². The van der Waals surface area contributed by atoms with Gasteiger partial charge in [0.05, 0.1) is 32.6 Å². The van der Waals surface area contributed by atoms with Gasteiger partial charge < -0.3 is 4.90 Å². The fourth-order valence-electron chi connectivity index (χ4n) is 18.9. The van der Waals surface area contributed by atoms with Gasteiger partial charge in [-0.2, -0.15) is 5.11 Å². The van der Waals surface area contributed by atoms with Gasteiger partial charge in [-0.05, 0) is 139 Å². The highest BCUT2D eigenvalue weighted by Crippen LogP contribution is 2.50. The zero-order chi connectivity index (χ0) is 76.6. The molecule has 14 aromatic rings. The molecular weight excluding hydrogens is 1370 g/mol. The van der Waals surface area contributed by atoms with E-state index >= 15 is 9.59 Å². The average molecular weight is 1480 g/mol. The highest BCUT2D eigenvalue weighted by atomic mass is 16.6. The highest BCUT2D eigenvalue weighted by Gasteiger charge is 2.27. The Morgan fingerprint density at radius 3 is 1.03 bits per heavy atom. The number of nitro benzene ring substituents is 1. The summed E-state index contributed by atoms with van der Waals surface area (Å²) >= 11 is 0. The lowest BCUT2D eigenvalue weighted by atomic mass is 9.82. The van der Waals surface area contributed by atoms with Gasteiger partial charge in [0.15, 0.2) is 0 Å². The molecule has 1 N–H and O–H groups in total. The average Bonchev–Trinajstić information content (AvgIpc) is 1.32. The van der Waals surface area contributed by atoms with E-state index in [0.29, 0.717) is 60.9 Å². The summed E-state index contributed by atoms with van der Waals surface area (Å²) in [7, 11) is 0. The summed E-state index contributed by atoms with van der Waals surface area (Å²) in [4.78, 5) is 56.0. The second-order valence-electron chi connectivity index (χ2n) is 32.9. The van der Waals surface area contributed by atoms with E-state index in [1.54, 1.807) is 14.9 Å². The topological polar surface area (TPSA) is 151 Å². The maximum atomic E-state index is 15.3. The molecule has 0 spiro atoms. The largest absolute Gasteiger partial charge is 0.332 e. The Morgan fingerprint density at radius 2 is 0.685 bits per heavy atom. The van der Waals surface area contributed by atoms with Crippen molar-refractivity contribution < 1.29 is 4.92 Å². The normalized spacial score (nSPS) is 12.2. The Kier molecular flexibility index (Phi) is 26.7. The van der Waals surface area contributed by atoms with Gasteiger partial charge in [0.1, 0.15) is 22.5 Å². The highest BCUT2D eigenvalue weighted by molar-refractivity contribution is 6.45. The number of hydrogen-bond acceptors (Lipinski definition) is 9. The molecule has 12 nitrogen and oxygen atoms in total. The van der Waals surface area contributed by atoms with Crippen molar-refractivity contribution in [2.24, 2.45) is 11.0 Å². The molecule has 4 aromatic heterocycles. The smallest absolute Gasteiger partial charge is 0.287 e. The molecule has 0 unspecified atom stereocenters. The minimum absolute atomic E-state index is 0.133. The molecule has 0 atom stereocenters. The van der Waals surface area contributed by atoms with E-state index < -0.39 is 0 Å². The van der Waals surface area contributed by atoms with E-state index in [1.807, 2.05) is 24.3 Å². The number of nitrogens with one attached hydrogen (secondary N) is 1. The van der Waals surface area contributed by atoms with Crippen LogP contribution in [-0.2, 0) is 0 Å². The molecule has 0 fully saturated rings. The molecule has 578 valence electrons. The number of fused-ring (bicyclic) bond motifs is 12. The standard InChI is InChI=1S/C99H118N8O4/c1-5-9-13-17-21-25-29-33-37-41-45-69(46-42-38-34-30-26-22-18-14-10-6-2)47-48-70-65-85-88(67-84(70)103-100)105-96(101-85)80-57-53-76-72-49-52-75-79-56-60-83-95-81(58-54-77(93(79)95)73-50-51-74(90(72)91(73)75)78-55-59-82(98(105)108)94(80)92(76)78)97-102-86-66-71(87(107(110)111)68-89(86)106(97)99(83)109)61-64-104(62-43-39-35-31-27-23-19-15-11-7-3)63-44-40-36-32-28-24-20-16-12-8-4/h49-60,65-69,100H,5-46,62-63H2,1-4H3. The van der Waals surface area contributed by atoms with E-state index in [9.17, 15) is 10.1 Å². The van der Waals surface area contributed by atoms with Crippen LogP contribution in [0, 0.1) is 45.4 Å². The lowest BCUT2D eigenvalue weighted by molar-refractivity contribution is -0.385. The van der Waals surface area contributed by atoms with Crippen LogP contribution in [0.5, 0.6) is 0 Å². The van der Waals surface area contributed by atoms with Crippen molar-refractivity contribution in [3.05, 3.63) is 139 Å². The third-order valence-corrected chi connectivity index (χ3v) is 25.0. The number of nitro groups is 1. The van der Waals surface area contributed by atoms with Gasteiger partial charge in [0.25, 0.3) is 16.8 Å². The van der Waals surface area contributed by atoms with Gasteiger partial charge in [-0.3, -0.25) is 28.5 Å². The minimum Gasteiger partial charge on any atom is -0.332 e. The van der Waals surface area contributed by atoms with Gasteiger partial charge in [-0.15, -0.1) is 0 Å². The molecule has 111 heavy (non-hydrogen) atoms. The molecule has 0 saturated carbocycles. The van der Waals surface area contributed by atoms with Crippen LogP contribution >= 0.6 is 0 Å². The SMILES string of the molecule is CCCCCCCCCCCCC(C#Cc1cc2nc3c4ccc5c6ccc7c8ccc9c(=O)n%10c%11cc([N+](=O)[O-])c(C#CN(CCCCCCCCCCCC)CCCCCCCCCCCC)cc%11nc%10c%10ccc(c%11ccc(c%12ccc(c(=O)n3c2cc1N=N)c4c5%12)c6c7%11)c8c9%10)CCCCCCCCCCCC. The molecule has 10 aromatic carbocycles. The Bertz CT molecular complexity index is 5690. The molecule has 0 saturated heterocycles. The fraction of sp³-hybridized carbons (Fsp3) is 0.495. The molecule has 0 radical (unpaired) electrons. The molecular formula is C99H118N8O4. The molecule has 0 aliphatic carbocycles. The summed E-state index contributed by atoms with van der Waals surface area (Å²) < 4.78 is 3.30. The first-order chi connectivity index (χ1) is 54.7. The van der Waals surface area contributed by atoms with Crippen molar-refractivity contribution in [3.8, 4) is 23.8 Å². The molecule has 4 heterocycles. The van der Waals surface area contributed by atoms with Gasteiger partial charge in [0.2, 0.25) is 0 Å². The molecule has 0 amide bonds. The summed E-state index contributed by atoms with van der Waals surface area (Å²) in [6.07, 6.45) is 53.4. The van der Waals surface area contributed by atoms with E-state index in [2.05, 4.69) is 122 Å². The summed E-state index contributed by atoms with van der Waals surface area (Å²) in [6.45, 7) is 10.7. The first-order valence-corrected chi connectivity index (χ1v) is 44.0. The van der Waals surface area contributed by atoms with Gasteiger partial charge in [-0.25, -0.2) is 15.5 Å². The number of rotatable bonds is 46. The third-order valence-electron chi connectivity index (χ3n) is 25.0. The van der Waals surface area contributed by atoms with Crippen LogP contribution in [0.2, 0.25) is 0 Å². The number of imidazole rings is 2. The number of aromatic nitrogens is 4. The third kappa shape index (κ3) is 16.9. The zero-order valence-electron chi connectivity index (χ0n) is 67.2. The number of hydrogen-bond donors (Lipinski definition) is 1. The van der Waals surface area contributed by atoms with Gasteiger partial charge in [-0.1, -0.05) is 332 Å². The van der Waals surface area contributed by atoms with Crippen LogP contribution < -0.4 is 11.1 Å². The summed E-state index contributed by atoms with van der Waals surface area (Å²) in [6, 6.07) is 36.1. The maximum Gasteiger partial charge on any atom is 0.287 e. The maximum absolute atomic E-state index is 15.3. The van der Waals surface area contributed by atoms with Crippen molar-refractivity contribution in [1.82, 2.24) is 23.7 Å². The molecule has 0 aliphatic rings. The Hall–Kier alpha value is -9.26. The second-order valence-corrected chi connectivity index (χ2v) is 32.9. The summed E-state index contributed by atoms with van der Waals surface area (Å²) in [5, 5.41) is 34.5. The lowest BCUT2D eigenvalue weighted by Crippen LogP contribution is -2.20. The van der Waals surface area contributed by atoms with Crippen molar-refractivity contribution >= 4 is 142 Å². The van der Waals surface area contributed by atoms with Crippen LogP contribution in [0.1, 0.15) is 308 Å². The predicted molar refractivity (Wildman–Crippen MR) is 471 cm³/mol. The first-order valence-electron chi connectivity index (χ1n) is 44.0. The van der Waals surface area contributed by atoms with Gasteiger partial charge in [0, 0.05) is 63.4 Å². The van der Waals surface area contributed by atoms with Gasteiger partial charge >= 0.3 is 0 Å². The first kappa shape index (κ1) is 78.4. The molecule has 14 rings (SSSR count). The Labute approximate surface area is 656 Å². The van der Waals surface area contributed by atoms with Crippen molar-refractivity contribution in [2.75, 3.05) is 13.1 Å². The molecule has 12 heteroatoms. The van der Waals surface area contributed by atoms with E-state index in [0.717, 1.165) is 138 Å². The molecule has 0 aliphatic heterocycles. The predicted octanol–water partition coefficient (Wildman–Crippen LogP) is 28.8. The monoisotopic (exact) mass is 1480 g/mol. The van der Waals surface area contributed by atoms with Crippen LogP contribution in [0.15, 0.2) is 112 Å². The minimum atomic E-state index is -0.368. The Morgan fingerprint density at radius 1 is 0.387 bits per heavy atom. The lowest BCUT2D eigenvalue weighted by Gasteiger charge is -2.21. The van der Waals surface area contributed by atoms with E-state index in [-0.39, 0.29) is 27.6 Å². The summed E-state index contributed by atoms with van der Waals surface area (Å²) in [5.74, 6) is 10.8. The Balaban J connectivity index is 0.767. The van der Waals surface area contributed by atoms with Crippen molar-refractivity contribution in [2.45, 2.75) is 297 Å². The van der Waals surface area contributed by atoms with Crippen molar-refractivity contribution in [1.29, 1.82) is 5.53 Å². The number of benzene rings is 10. The van der Waals surface area contributed by atoms with Crippen LogP contribution in [-0.4, -0.2) is 41.7 Å². The zero-order valence-corrected chi connectivity index (χ0v) is 67.2. The number of unbranched alkanes of at least 4 members (excludes halogenated alkanes) is 36. The van der Waals surface area contributed by atoms with Crippen molar-refractivity contribution in [3.63, 3.8) is 0 Å².